The van der Waals surface area contributed by atoms with Crippen LogP contribution >= 0.6 is 0 Å². The molecule has 0 amide bonds. The molecule has 5 nitrogen and oxygen atoms in total. The van der Waals surface area contributed by atoms with E-state index < -0.39 is 0 Å². The van der Waals surface area contributed by atoms with E-state index in [4.69, 9.17) is 10.2 Å². The van der Waals surface area contributed by atoms with Crippen LogP contribution in [0.1, 0.15) is 24.6 Å². The molecule has 102 valence electrons. The molecule has 20 heavy (non-hydrogen) atoms. The quantitative estimate of drug-likeness (QED) is 0.764. The lowest BCUT2D eigenvalue weighted by Crippen LogP contribution is -2.21. The minimum Gasteiger partial charge on any atom is -0.441 e. The number of rotatable bonds is 3. The summed E-state index contributed by atoms with van der Waals surface area (Å²) in [6, 6.07) is 6.00. The van der Waals surface area contributed by atoms with Crippen LogP contribution in [0, 0.1) is 6.92 Å². The highest BCUT2D eigenvalue weighted by atomic mass is 16.3. The van der Waals surface area contributed by atoms with Crippen molar-refractivity contribution in [2.24, 2.45) is 5.73 Å². The minimum absolute atomic E-state index is 0.0885. The molecule has 1 aliphatic carbocycles. The van der Waals surface area contributed by atoms with Crippen molar-refractivity contribution < 1.29 is 4.42 Å². The molecule has 0 spiro atoms. The topological polar surface area (TPSA) is 80.7 Å². The highest BCUT2D eigenvalue weighted by Crippen LogP contribution is 2.46. The average molecular weight is 268 g/mol. The van der Waals surface area contributed by atoms with Gasteiger partial charge in [0, 0.05) is 24.4 Å². The van der Waals surface area contributed by atoms with Gasteiger partial charge in [0.1, 0.15) is 11.3 Å². The lowest BCUT2D eigenvalue weighted by atomic mass is 10.1. The van der Waals surface area contributed by atoms with Crippen molar-refractivity contribution in [3.63, 3.8) is 0 Å². The van der Waals surface area contributed by atoms with E-state index in [1.165, 1.54) is 0 Å². The number of H-pyrrole nitrogens is 1. The fraction of sp³-hybridized carbons (Fsp3) is 0.333. The highest BCUT2D eigenvalue weighted by Gasteiger charge is 2.45. The Kier molecular flexibility index (Phi) is 2.29. The first-order valence-electron chi connectivity index (χ1n) is 6.83. The van der Waals surface area contributed by atoms with E-state index in [-0.39, 0.29) is 5.41 Å². The summed E-state index contributed by atoms with van der Waals surface area (Å²) in [6.07, 6.45) is 4.11. The van der Waals surface area contributed by atoms with Crippen molar-refractivity contribution in [2.45, 2.75) is 25.2 Å². The average Bonchev–Trinajstić information content (AvgIpc) is 2.93. The lowest BCUT2D eigenvalue weighted by molar-refractivity contribution is 0.561. The third-order valence-corrected chi connectivity index (χ3v) is 4.13. The molecule has 3 aromatic rings. The van der Waals surface area contributed by atoms with Gasteiger partial charge in [0.25, 0.3) is 0 Å². The van der Waals surface area contributed by atoms with Gasteiger partial charge >= 0.3 is 0 Å². The molecule has 2 heterocycles. The number of nitrogens with zero attached hydrogens (tertiary/aromatic N) is 2. The summed E-state index contributed by atoms with van der Waals surface area (Å²) in [6.45, 7) is 2.51. The number of hydrogen-bond donors (Lipinski definition) is 2. The molecule has 0 aliphatic heterocycles. The Labute approximate surface area is 116 Å². The van der Waals surface area contributed by atoms with E-state index in [0.717, 1.165) is 41.0 Å². The number of aromatic amines is 1. The summed E-state index contributed by atoms with van der Waals surface area (Å²) in [5.74, 6) is 1.69. The molecule has 3 N–H and O–H groups in total. The van der Waals surface area contributed by atoms with Gasteiger partial charge in [-0.25, -0.2) is 9.97 Å². The Morgan fingerprint density at radius 1 is 1.40 bits per heavy atom. The maximum absolute atomic E-state index is 5.84. The fourth-order valence-corrected chi connectivity index (χ4v) is 2.63. The lowest BCUT2D eigenvalue weighted by Gasteiger charge is -2.07. The summed E-state index contributed by atoms with van der Waals surface area (Å²) < 4.78 is 5.57. The number of hydrogen-bond acceptors (Lipinski definition) is 4. The van der Waals surface area contributed by atoms with Crippen molar-refractivity contribution in [3.8, 4) is 11.3 Å². The third kappa shape index (κ3) is 1.67. The molecule has 1 aromatic carbocycles. The van der Waals surface area contributed by atoms with Gasteiger partial charge in [-0.05, 0) is 25.0 Å². The molecule has 4 rings (SSSR count). The molecule has 0 radical (unpaired) electrons. The van der Waals surface area contributed by atoms with Crippen LogP contribution in [0.15, 0.2) is 28.8 Å². The number of aromatic nitrogens is 3. The van der Waals surface area contributed by atoms with Crippen molar-refractivity contribution in [1.29, 1.82) is 0 Å². The monoisotopic (exact) mass is 268 g/mol. The predicted octanol–water partition coefficient (Wildman–Crippen LogP) is 2.52. The SMILES string of the molecule is Cc1nc2ccc(-c3cnc(C4(CN)CC4)[nH]3)cc2o1. The van der Waals surface area contributed by atoms with Gasteiger partial charge in [-0.3, -0.25) is 0 Å². The maximum Gasteiger partial charge on any atom is 0.192 e. The van der Waals surface area contributed by atoms with E-state index in [9.17, 15) is 0 Å². The van der Waals surface area contributed by atoms with E-state index in [1.54, 1.807) is 0 Å². The molecular formula is C15H16N4O. The third-order valence-electron chi connectivity index (χ3n) is 4.13. The first-order valence-corrected chi connectivity index (χ1v) is 6.83. The Hall–Kier alpha value is -2.14. The van der Waals surface area contributed by atoms with Gasteiger partial charge in [0.2, 0.25) is 0 Å². The molecule has 1 fully saturated rings. The van der Waals surface area contributed by atoms with Gasteiger partial charge in [-0.2, -0.15) is 0 Å². The van der Waals surface area contributed by atoms with Crippen LogP contribution in [0.4, 0.5) is 0 Å². The van der Waals surface area contributed by atoms with Crippen molar-refractivity contribution >= 4 is 11.1 Å². The van der Waals surface area contributed by atoms with Crippen LogP contribution in [0.25, 0.3) is 22.4 Å². The zero-order valence-corrected chi connectivity index (χ0v) is 11.3. The van der Waals surface area contributed by atoms with Gasteiger partial charge in [0.05, 0.1) is 11.9 Å². The van der Waals surface area contributed by atoms with E-state index in [2.05, 4.69) is 15.0 Å². The molecule has 0 bridgehead atoms. The van der Waals surface area contributed by atoms with Crippen molar-refractivity contribution in [2.75, 3.05) is 6.54 Å². The van der Waals surface area contributed by atoms with Crippen LogP contribution in [-0.2, 0) is 5.41 Å². The number of benzene rings is 1. The van der Waals surface area contributed by atoms with Crippen molar-refractivity contribution in [3.05, 3.63) is 36.1 Å². The summed E-state index contributed by atoms with van der Waals surface area (Å²) in [5.41, 5.74) is 9.67. The Balaban J connectivity index is 1.75. The number of nitrogens with two attached hydrogens (primary N) is 1. The second-order valence-electron chi connectivity index (χ2n) is 5.55. The second-order valence-corrected chi connectivity index (χ2v) is 5.55. The van der Waals surface area contributed by atoms with Crippen molar-refractivity contribution in [1.82, 2.24) is 15.0 Å². The molecule has 0 saturated heterocycles. The number of fused-ring (bicyclic) bond motifs is 1. The van der Waals surface area contributed by atoms with E-state index >= 15 is 0 Å². The maximum atomic E-state index is 5.84. The first kappa shape index (κ1) is 11.7. The van der Waals surface area contributed by atoms with Gasteiger partial charge in [-0.15, -0.1) is 0 Å². The normalized spacial score (nSPS) is 16.7. The molecule has 5 heteroatoms. The van der Waals surface area contributed by atoms with Crippen LogP contribution in [0.5, 0.6) is 0 Å². The zero-order chi connectivity index (χ0) is 13.7. The number of imidazole rings is 1. The number of oxazole rings is 1. The van der Waals surface area contributed by atoms with Gasteiger partial charge in [0.15, 0.2) is 11.5 Å². The Morgan fingerprint density at radius 2 is 2.25 bits per heavy atom. The Morgan fingerprint density at radius 3 is 3.00 bits per heavy atom. The molecule has 1 saturated carbocycles. The minimum atomic E-state index is 0.0885. The highest BCUT2D eigenvalue weighted by molar-refractivity contribution is 5.79. The second kappa shape index (κ2) is 3.93. The molecule has 0 atom stereocenters. The predicted molar refractivity (Wildman–Crippen MR) is 76.3 cm³/mol. The van der Waals surface area contributed by atoms with E-state index in [1.807, 2.05) is 31.3 Å². The summed E-state index contributed by atoms with van der Waals surface area (Å²) in [5, 5.41) is 0. The van der Waals surface area contributed by atoms with Crippen LogP contribution in [0.3, 0.4) is 0 Å². The summed E-state index contributed by atoms with van der Waals surface area (Å²) >= 11 is 0. The fourth-order valence-electron chi connectivity index (χ4n) is 2.63. The summed E-state index contributed by atoms with van der Waals surface area (Å²) in [7, 11) is 0. The largest absolute Gasteiger partial charge is 0.441 e. The first-order chi connectivity index (χ1) is 9.70. The van der Waals surface area contributed by atoms with E-state index in [0.29, 0.717) is 12.4 Å². The molecule has 2 aromatic heterocycles. The molecular weight excluding hydrogens is 252 g/mol. The van der Waals surface area contributed by atoms with Crippen LogP contribution < -0.4 is 5.73 Å². The number of aryl methyl sites for hydroxylation is 1. The summed E-state index contributed by atoms with van der Waals surface area (Å²) in [4.78, 5) is 12.2. The van der Waals surface area contributed by atoms with Gasteiger partial charge in [-0.1, -0.05) is 6.07 Å². The van der Waals surface area contributed by atoms with Crippen LogP contribution in [0.2, 0.25) is 0 Å². The van der Waals surface area contributed by atoms with Crippen LogP contribution in [-0.4, -0.2) is 21.5 Å². The van der Waals surface area contributed by atoms with Gasteiger partial charge < -0.3 is 15.1 Å². The molecule has 0 unspecified atom stereocenters. The number of nitrogens with one attached hydrogen (secondary N) is 1. The zero-order valence-electron chi connectivity index (χ0n) is 11.3. The smallest absolute Gasteiger partial charge is 0.192 e. The Bertz CT molecular complexity index is 782. The molecule has 1 aliphatic rings. The standard InChI is InChI=1S/C15H16N4O/c1-9-18-11-3-2-10(6-13(11)20-9)12-7-17-14(19-12)15(8-16)4-5-15/h2-3,6-7H,4-5,8,16H2,1H3,(H,17,19).